The Labute approximate surface area is 86.8 Å². The zero-order valence-electron chi connectivity index (χ0n) is 7.94. The lowest BCUT2D eigenvalue weighted by molar-refractivity contribution is 1.19. The van der Waals surface area contributed by atoms with E-state index in [0.717, 1.165) is 22.3 Å². The fourth-order valence-corrected chi connectivity index (χ4v) is 1.64. The summed E-state index contributed by atoms with van der Waals surface area (Å²) in [5.74, 6) is 0. The van der Waals surface area contributed by atoms with Crippen molar-refractivity contribution >= 4 is 10.9 Å². The van der Waals surface area contributed by atoms with Crippen molar-refractivity contribution in [2.24, 2.45) is 0 Å². The fraction of sp³-hybridized carbons (Fsp3) is 0. The van der Waals surface area contributed by atoms with Gasteiger partial charge in [0.15, 0.2) is 6.33 Å². The van der Waals surface area contributed by atoms with Crippen LogP contribution < -0.4 is 0 Å². The highest BCUT2D eigenvalue weighted by molar-refractivity contribution is 5.90. The second kappa shape index (κ2) is 3.20. The van der Waals surface area contributed by atoms with Crippen molar-refractivity contribution in [1.29, 1.82) is 0 Å². The lowest BCUT2D eigenvalue weighted by atomic mass is 10.1. The van der Waals surface area contributed by atoms with Gasteiger partial charge in [-0.15, -0.1) is 0 Å². The molecule has 0 unspecified atom stereocenters. The third-order valence-electron chi connectivity index (χ3n) is 2.34. The molecular formula is C12H8N3. The highest BCUT2D eigenvalue weighted by Gasteiger charge is 2.05. The highest BCUT2D eigenvalue weighted by atomic mass is 14.9. The predicted octanol–water partition coefficient (Wildman–Crippen LogP) is 2.43. The van der Waals surface area contributed by atoms with E-state index in [1.807, 2.05) is 42.6 Å². The van der Waals surface area contributed by atoms with E-state index in [1.165, 1.54) is 0 Å². The summed E-state index contributed by atoms with van der Waals surface area (Å²) in [5, 5.41) is 1.04. The van der Waals surface area contributed by atoms with Gasteiger partial charge in [0.25, 0.3) is 0 Å². The molecule has 71 valence electrons. The Kier molecular flexibility index (Phi) is 1.75. The first-order chi connectivity index (χ1) is 7.45. The van der Waals surface area contributed by atoms with Gasteiger partial charge in [0, 0.05) is 11.6 Å². The monoisotopic (exact) mass is 194 g/mol. The Morgan fingerprint density at radius 3 is 2.80 bits per heavy atom. The molecule has 0 aliphatic heterocycles. The maximum Gasteiger partial charge on any atom is 0.199 e. The van der Waals surface area contributed by atoms with Crippen LogP contribution in [0.3, 0.4) is 0 Å². The van der Waals surface area contributed by atoms with Gasteiger partial charge in [0.05, 0.1) is 16.9 Å². The van der Waals surface area contributed by atoms with E-state index >= 15 is 0 Å². The Balaban J connectivity index is 2.36. The number of benzene rings is 1. The van der Waals surface area contributed by atoms with Crippen molar-refractivity contribution in [3.63, 3.8) is 0 Å². The molecular weight excluding hydrogens is 186 g/mol. The van der Waals surface area contributed by atoms with Crippen LogP contribution in [0.25, 0.3) is 22.3 Å². The van der Waals surface area contributed by atoms with Crippen LogP contribution in [0.4, 0.5) is 0 Å². The van der Waals surface area contributed by atoms with Crippen LogP contribution in [0.1, 0.15) is 0 Å². The van der Waals surface area contributed by atoms with Crippen molar-refractivity contribution < 1.29 is 0 Å². The smallest absolute Gasteiger partial charge is 0.199 e. The summed E-state index contributed by atoms with van der Waals surface area (Å²) in [6, 6.07) is 11.9. The summed E-state index contributed by atoms with van der Waals surface area (Å²) in [6.07, 6.45) is 4.55. The number of nitrogens with zero attached hydrogens (tertiary/aromatic N) is 2. The van der Waals surface area contributed by atoms with Crippen molar-refractivity contribution in [3.05, 3.63) is 48.9 Å². The van der Waals surface area contributed by atoms with Gasteiger partial charge in [-0.2, -0.15) is 0 Å². The topological polar surface area (TPSA) is 41.6 Å². The van der Waals surface area contributed by atoms with Crippen LogP contribution in [-0.4, -0.2) is 15.0 Å². The molecule has 15 heavy (non-hydrogen) atoms. The molecule has 1 aromatic carbocycles. The standard InChI is InChI=1S/C12H8N3/c1-2-5-10-9(4-1)12(15-8-14-10)11-6-3-7-13-11/h1-7,13H. The van der Waals surface area contributed by atoms with E-state index in [-0.39, 0.29) is 0 Å². The van der Waals surface area contributed by atoms with Gasteiger partial charge in [-0.25, -0.2) is 9.97 Å². The Morgan fingerprint density at radius 2 is 1.93 bits per heavy atom. The molecule has 3 nitrogen and oxygen atoms in total. The van der Waals surface area contributed by atoms with Gasteiger partial charge in [-0.1, -0.05) is 18.2 Å². The highest BCUT2D eigenvalue weighted by Crippen LogP contribution is 2.22. The van der Waals surface area contributed by atoms with Crippen LogP contribution in [-0.2, 0) is 0 Å². The maximum absolute atomic E-state index is 4.18. The zero-order valence-corrected chi connectivity index (χ0v) is 7.94. The van der Waals surface area contributed by atoms with Crippen molar-refractivity contribution in [2.45, 2.75) is 0 Å². The van der Waals surface area contributed by atoms with E-state index < -0.39 is 0 Å². The van der Waals surface area contributed by atoms with Crippen LogP contribution in [0.15, 0.2) is 42.6 Å². The predicted molar refractivity (Wildman–Crippen MR) is 58.2 cm³/mol. The lowest BCUT2D eigenvalue weighted by Crippen LogP contribution is -1.88. The molecule has 3 aromatic rings. The first-order valence-corrected chi connectivity index (χ1v) is 4.72. The zero-order chi connectivity index (χ0) is 10.1. The van der Waals surface area contributed by atoms with E-state index in [4.69, 9.17) is 0 Å². The molecule has 0 aliphatic carbocycles. The molecule has 0 saturated carbocycles. The van der Waals surface area contributed by atoms with Gasteiger partial charge in [-0.3, -0.25) is 0 Å². The van der Waals surface area contributed by atoms with Gasteiger partial charge in [-0.05, 0) is 18.2 Å². The normalized spacial score (nSPS) is 10.7. The fourth-order valence-electron chi connectivity index (χ4n) is 1.64. The number of para-hydroxylation sites is 1. The summed E-state index contributed by atoms with van der Waals surface area (Å²) in [4.78, 5) is 11.4. The van der Waals surface area contributed by atoms with Crippen molar-refractivity contribution in [3.8, 4) is 11.4 Å². The average Bonchev–Trinajstić information content (AvgIpc) is 2.82. The third-order valence-corrected chi connectivity index (χ3v) is 2.34. The van der Waals surface area contributed by atoms with Crippen molar-refractivity contribution in [2.75, 3.05) is 0 Å². The Morgan fingerprint density at radius 1 is 1.00 bits per heavy atom. The minimum Gasteiger partial charge on any atom is -0.360 e. The average molecular weight is 194 g/mol. The molecule has 0 saturated heterocycles. The van der Waals surface area contributed by atoms with Gasteiger partial charge in [0.2, 0.25) is 0 Å². The SMILES string of the molecule is [c]1nc(-c2ccc[nH]2)c2ccccc2n1. The molecule has 0 bridgehead atoms. The van der Waals surface area contributed by atoms with Crippen LogP contribution in [0.5, 0.6) is 0 Å². The molecule has 3 heteroatoms. The molecule has 3 rings (SSSR count). The summed E-state index contributed by atoms with van der Waals surface area (Å²) in [5.41, 5.74) is 2.80. The molecule has 0 atom stereocenters. The molecule has 0 fully saturated rings. The van der Waals surface area contributed by atoms with Crippen LogP contribution >= 0.6 is 0 Å². The van der Waals surface area contributed by atoms with E-state index in [9.17, 15) is 0 Å². The van der Waals surface area contributed by atoms with Gasteiger partial charge in [0.1, 0.15) is 0 Å². The number of nitrogens with one attached hydrogen (secondary N) is 1. The van der Waals surface area contributed by atoms with Crippen LogP contribution in [0.2, 0.25) is 0 Å². The second-order valence-corrected chi connectivity index (χ2v) is 3.27. The quantitative estimate of drug-likeness (QED) is 0.646. The Bertz CT molecular complexity index is 579. The molecule has 2 aromatic heterocycles. The second-order valence-electron chi connectivity index (χ2n) is 3.27. The van der Waals surface area contributed by atoms with E-state index in [2.05, 4.69) is 21.3 Å². The summed E-state index contributed by atoms with van der Waals surface area (Å²) in [6.45, 7) is 0. The third kappa shape index (κ3) is 1.29. The molecule has 1 N–H and O–H groups in total. The molecule has 1 radical (unpaired) electrons. The lowest BCUT2D eigenvalue weighted by Gasteiger charge is -2.01. The molecule has 2 heterocycles. The van der Waals surface area contributed by atoms with E-state index in [0.29, 0.717) is 0 Å². The minimum absolute atomic E-state index is 0.894. The number of hydrogen-bond acceptors (Lipinski definition) is 2. The van der Waals surface area contributed by atoms with Gasteiger partial charge < -0.3 is 4.98 Å². The molecule has 0 amide bonds. The Hall–Kier alpha value is -2.16. The number of hydrogen-bond donors (Lipinski definition) is 1. The first-order valence-electron chi connectivity index (χ1n) is 4.72. The minimum atomic E-state index is 0.894. The molecule has 0 aliphatic rings. The number of fused-ring (bicyclic) bond motifs is 1. The number of H-pyrrole nitrogens is 1. The number of aromatic amines is 1. The van der Waals surface area contributed by atoms with Crippen molar-refractivity contribution in [1.82, 2.24) is 15.0 Å². The first kappa shape index (κ1) is 8.17. The van der Waals surface area contributed by atoms with E-state index in [1.54, 1.807) is 0 Å². The summed E-state index contributed by atoms with van der Waals surface area (Å²) >= 11 is 0. The molecule has 0 spiro atoms. The largest absolute Gasteiger partial charge is 0.360 e. The van der Waals surface area contributed by atoms with Gasteiger partial charge >= 0.3 is 0 Å². The number of rotatable bonds is 1. The maximum atomic E-state index is 4.18. The van der Waals surface area contributed by atoms with Crippen LogP contribution in [0, 0.1) is 6.33 Å². The summed E-state index contributed by atoms with van der Waals surface area (Å²) < 4.78 is 0. The summed E-state index contributed by atoms with van der Waals surface area (Å²) in [7, 11) is 0. The number of aromatic nitrogens is 3.